The van der Waals surface area contributed by atoms with E-state index in [0.717, 1.165) is 0 Å². The fraction of sp³-hybridized carbons (Fsp3) is 0.263. The summed E-state index contributed by atoms with van der Waals surface area (Å²) in [6, 6.07) is 8.33. The van der Waals surface area contributed by atoms with Crippen LogP contribution in [-0.4, -0.2) is 31.1 Å². The molecule has 9 nitrogen and oxygen atoms in total. The van der Waals surface area contributed by atoms with Gasteiger partial charge in [-0.25, -0.2) is 9.59 Å². The molecule has 28 heavy (non-hydrogen) atoms. The summed E-state index contributed by atoms with van der Waals surface area (Å²) in [5.74, 6) is -3.75. The van der Waals surface area contributed by atoms with E-state index >= 15 is 0 Å². The molecule has 1 aromatic rings. The molecule has 2 heterocycles. The molecule has 0 fully saturated rings. The maximum Gasteiger partial charge on any atom is 0.374 e. The molecular formula is C19H17N3O6. The van der Waals surface area contributed by atoms with Crippen molar-refractivity contribution in [1.82, 2.24) is 0 Å². The number of anilines is 1. The van der Waals surface area contributed by atoms with Crippen LogP contribution in [0.2, 0.25) is 0 Å². The Hall–Kier alpha value is -3.80. The van der Waals surface area contributed by atoms with E-state index in [-0.39, 0.29) is 24.4 Å². The summed E-state index contributed by atoms with van der Waals surface area (Å²) in [5.41, 5.74) is 3.80. The summed E-state index contributed by atoms with van der Waals surface area (Å²) in [6.45, 7) is 3.10. The van der Waals surface area contributed by atoms with E-state index in [1.54, 1.807) is 38.1 Å². The highest BCUT2D eigenvalue weighted by Gasteiger charge is 2.61. The molecule has 0 saturated carbocycles. The molecule has 0 radical (unpaired) electrons. The molecular weight excluding hydrogens is 366 g/mol. The van der Waals surface area contributed by atoms with Gasteiger partial charge < -0.3 is 25.3 Å². The number of nitrogens with zero attached hydrogens (tertiary/aromatic N) is 1. The number of fused-ring (bicyclic) bond motifs is 2. The second-order valence-electron chi connectivity index (χ2n) is 5.85. The van der Waals surface area contributed by atoms with E-state index in [2.05, 4.69) is 5.32 Å². The van der Waals surface area contributed by atoms with Crippen LogP contribution in [0.5, 0.6) is 0 Å². The summed E-state index contributed by atoms with van der Waals surface area (Å²) in [7, 11) is 0. The van der Waals surface area contributed by atoms with Crippen LogP contribution < -0.4 is 11.1 Å². The zero-order valence-electron chi connectivity index (χ0n) is 15.2. The molecule has 1 atom stereocenters. The van der Waals surface area contributed by atoms with Crippen LogP contribution >= 0.6 is 0 Å². The standard InChI is InChI=1S/C19H17N3O6/c1-3-26-16(23)13-14(17(24)27-4-2)28-15(21)11(9-20)19(13)10-7-5-6-8-12(10)22-18(19)25/h5-8H,3-4,21H2,1-2H3,(H,22,25). The lowest BCUT2D eigenvalue weighted by atomic mass is 9.68. The van der Waals surface area contributed by atoms with Crippen LogP contribution in [0.3, 0.4) is 0 Å². The number of hydrogen-bond donors (Lipinski definition) is 2. The third kappa shape index (κ3) is 2.50. The summed E-state index contributed by atoms with van der Waals surface area (Å²) in [6.07, 6.45) is 0. The van der Waals surface area contributed by atoms with Gasteiger partial charge in [0.2, 0.25) is 17.5 Å². The van der Waals surface area contributed by atoms with E-state index in [1.807, 2.05) is 6.07 Å². The second kappa shape index (κ2) is 7.08. The highest BCUT2D eigenvalue weighted by Crippen LogP contribution is 2.52. The van der Waals surface area contributed by atoms with E-state index in [0.29, 0.717) is 5.69 Å². The van der Waals surface area contributed by atoms with E-state index in [4.69, 9.17) is 19.9 Å². The van der Waals surface area contributed by atoms with Gasteiger partial charge in [0.05, 0.1) is 13.2 Å². The predicted molar refractivity (Wildman–Crippen MR) is 95.0 cm³/mol. The number of ether oxygens (including phenoxy) is 3. The zero-order valence-corrected chi connectivity index (χ0v) is 15.2. The molecule has 2 aliphatic rings. The molecule has 1 amide bonds. The maximum atomic E-state index is 13.2. The van der Waals surface area contributed by atoms with Crippen molar-refractivity contribution in [2.24, 2.45) is 5.73 Å². The van der Waals surface area contributed by atoms with E-state index in [1.165, 1.54) is 0 Å². The van der Waals surface area contributed by atoms with Crippen molar-refractivity contribution in [2.75, 3.05) is 18.5 Å². The molecule has 144 valence electrons. The van der Waals surface area contributed by atoms with E-state index < -0.39 is 40.5 Å². The molecule has 2 aliphatic heterocycles. The Morgan fingerprint density at radius 2 is 1.86 bits per heavy atom. The Balaban J connectivity index is 2.42. The highest BCUT2D eigenvalue weighted by atomic mass is 16.6. The van der Waals surface area contributed by atoms with Crippen LogP contribution in [0.4, 0.5) is 5.69 Å². The number of hydrogen-bond acceptors (Lipinski definition) is 8. The Morgan fingerprint density at radius 1 is 1.21 bits per heavy atom. The van der Waals surface area contributed by atoms with Crippen molar-refractivity contribution >= 4 is 23.5 Å². The molecule has 1 aromatic carbocycles. The summed E-state index contributed by atoms with van der Waals surface area (Å²) in [4.78, 5) is 38.6. The number of esters is 2. The minimum atomic E-state index is -1.98. The fourth-order valence-electron chi connectivity index (χ4n) is 3.37. The van der Waals surface area contributed by atoms with Gasteiger partial charge in [0, 0.05) is 11.3 Å². The number of nitrogens with two attached hydrogens (primary N) is 1. The number of nitrogens with one attached hydrogen (secondary N) is 1. The first-order valence-corrected chi connectivity index (χ1v) is 8.51. The van der Waals surface area contributed by atoms with Crippen molar-refractivity contribution in [3.63, 3.8) is 0 Å². The largest absolute Gasteiger partial charge is 0.462 e. The topological polar surface area (TPSA) is 141 Å². The average molecular weight is 383 g/mol. The summed E-state index contributed by atoms with van der Waals surface area (Å²) >= 11 is 0. The van der Waals surface area contributed by atoms with Crippen molar-refractivity contribution in [2.45, 2.75) is 19.3 Å². The molecule has 1 unspecified atom stereocenters. The van der Waals surface area contributed by atoms with E-state index in [9.17, 15) is 19.6 Å². The van der Waals surface area contributed by atoms with Gasteiger partial charge in [-0.3, -0.25) is 4.79 Å². The number of para-hydroxylation sites is 1. The van der Waals surface area contributed by atoms with Crippen LogP contribution in [0.25, 0.3) is 0 Å². The first-order valence-electron chi connectivity index (χ1n) is 8.51. The van der Waals surface area contributed by atoms with Gasteiger partial charge in [-0.15, -0.1) is 0 Å². The zero-order chi connectivity index (χ0) is 20.5. The predicted octanol–water partition coefficient (Wildman–Crippen LogP) is 0.981. The highest BCUT2D eigenvalue weighted by molar-refractivity contribution is 6.19. The number of rotatable bonds is 4. The smallest absolute Gasteiger partial charge is 0.374 e. The number of nitriles is 1. The Labute approximate surface area is 160 Å². The van der Waals surface area contributed by atoms with Gasteiger partial charge in [-0.05, 0) is 19.9 Å². The lowest BCUT2D eigenvalue weighted by Gasteiger charge is -2.33. The monoisotopic (exact) mass is 383 g/mol. The van der Waals surface area contributed by atoms with Crippen molar-refractivity contribution < 1.29 is 28.6 Å². The van der Waals surface area contributed by atoms with Gasteiger partial charge in [0.1, 0.15) is 17.2 Å². The Morgan fingerprint density at radius 3 is 2.50 bits per heavy atom. The SMILES string of the molecule is CCOC(=O)C1=C(C(=O)OCC)C2(C(=O)Nc3ccccc32)C(C#N)=C(N)O1. The molecule has 3 N–H and O–H groups in total. The summed E-state index contributed by atoms with van der Waals surface area (Å²) < 4.78 is 15.3. The minimum Gasteiger partial charge on any atom is -0.462 e. The van der Waals surface area contributed by atoms with Gasteiger partial charge in [-0.1, -0.05) is 18.2 Å². The molecule has 0 bridgehead atoms. The normalized spacial score (nSPS) is 20.2. The minimum absolute atomic E-state index is 0.00763. The number of carbonyl (C=O) groups excluding carboxylic acids is 3. The van der Waals surface area contributed by atoms with Crippen LogP contribution in [0.1, 0.15) is 19.4 Å². The third-order valence-corrected chi connectivity index (χ3v) is 4.41. The quantitative estimate of drug-likeness (QED) is 0.733. The first-order chi connectivity index (χ1) is 13.4. The van der Waals surface area contributed by atoms with Crippen LogP contribution in [0, 0.1) is 11.3 Å². The Bertz CT molecular complexity index is 988. The lowest BCUT2D eigenvalue weighted by molar-refractivity contribution is -0.146. The number of amides is 1. The molecule has 0 saturated heterocycles. The lowest BCUT2D eigenvalue weighted by Crippen LogP contribution is -2.47. The number of benzene rings is 1. The molecule has 0 aromatic heterocycles. The second-order valence-corrected chi connectivity index (χ2v) is 5.85. The molecule has 3 rings (SSSR count). The third-order valence-electron chi connectivity index (χ3n) is 4.41. The van der Waals surface area contributed by atoms with Crippen molar-refractivity contribution in [3.05, 3.63) is 52.6 Å². The van der Waals surface area contributed by atoms with Crippen molar-refractivity contribution in [3.8, 4) is 6.07 Å². The Kier molecular flexibility index (Phi) is 4.79. The maximum absolute atomic E-state index is 13.2. The number of carbonyl (C=O) groups is 3. The fourth-order valence-corrected chi connectivity index (χ4v) is 3.37. The molecule has 9 heteroatoms. The van der Waals surface area contributed by atoms with Crippen molar-refractivity contribution in [1.29, 1.82) is 5.26 Å². The summed E-state index contributed by atoms with van der Waals surface area (Å²) in [5, 5.41) is 12.4. The van der Waals surface area contributed by atoms with Gasteiger partial charge in [0.15, 0.2) is 5.41 Å². The molecule has 0 aliphatic carbocycles. The first kappa shape index (κ1) is 19.0. The van der Waals surface area contributed by atoms with Gasteiger partial charge >= 0.3 is 11.9 Å². The molecule has 1 spiro atoms. The average Bonchev–Trinajstić information content (AvgIpc) is 2.94. The van der Waals surface area contributed by atoms with Gasteiger partial charge in [-0.2, -0.15) is 5.26 Å². The van der Waals surface area contributed by atoms with Crippen LogP contribution in [-0.2, 0) is 34.0 Å². The van der Waals surface area contributed by atoms with Crippen LogP contribution in [0.15, 0.2) is 47.1 Å². The van der Waals surface area contributed by atoms with Gasteiger partial charge in [0.25, 0.3) is 0 Å².